The summed E-state index contributed by atoms with van der Waals surface area (Å²) in [4.78, 5) is 4.70. The summed E-state index contributed by atoms with van der Waals surface area (Å²) in [6, 6.07) is 13.1. The van der Waals surface area contributed by atoms with Crippen LogP contribution in [0.4, 0.5) is 5.69 Å². The largest absolute Gasteiger partial charge is 0.612 e. The van der Waals surface area contributed by atoms with Crippen molar-refractivity contribution in [3.05, 3.63) is 63.6 Å². The van der Waals surface area contributed by atoms with E-state index in [0.29, 0.717) is 29.0 Å². The van der Waals surface area contributed by atoms with Gasteiger partial charge in [-0.15, -0.1) is 0 Å². The summed E-state index contributed by atoms with van der Waals surface area (Å²) in [7, 11) is 1.13. The van der Waals surface area contributed by atoms with E-state index in [1.54, 1.807) is 0 Å². The summed E-state index contributed by atoms with van der Waals surface area (Å²) in [6.07, 6.45) is 0. The van der Waals surface area contributed by atoms with Crippen LogP contribution in [0.5, 0.6) is 0 Å². The van der Waals surface area contributed by atoms with Crippen LogP contribution in [0.3, 0.4) is 0 Å². The Morgan fingerprint density at radius 3 is 2.32 bits per heavy atom. The minimum absolute atomic E-state index is 0.485. The highest BCUT2D eigenvalue weighted by Crippen LogP contribution is 2.27. The van der Waals surface area contributed by atoms with Crippen LogP contribution in [-0.2, 0) is 9.31 Å². The Morgan fingerprint density at radius 2 is 1.72 bits per heavy atom. The molecule has 132 valence electrons. The zero-order chi connectivity index (χ0) is 18.2. The quantitative estimate of drug-likeness (QED) is 0.523. The first-order valence-corrected chi connectivity index (χ1v) is 8.89. The molecular formula is C18H21BCl2N2O2. The summed E-state index contributed by atoms with van der Waals surface area (Å²) < 4.78 is 11.2. The number of hydrogen-bond acceptors (Lipinski definition) is 4. The number of benzene rings is 2. The predicted molar refractivity (Wildman–Crippen MR) is 107 cm³/mol. The lowest BCUT2D eigenvalue weighted by Crippen LogP contribution is -2.24. The Kier molecular flexibility index (Phi) is 7.78. The van der Waals surface area contributed by atoms with Crippen molar-refractivity contribution in [3.8, 4) is 0 Å². The van der Waals surface area contributed by atoms with Gasteiger partial charge in [0.25, 0.3) is 0 Å². The van der Waals surface area contributed by atoms with E-state index in [2.05, 4.69) is 5.32 Å². The number of halogens is 2. The van der Waals surface area contributed by atoms with Gasteiger partial charge in [0.1, 0.15) is 0 Å². The van der Waals surface area contributed by atoms with Crippen LogP contribution < -0.4 is 5.32 Å². The molecule has 0 aliphatic carbocycles. The minimum atomic E-state index is -0.718. The molecule has 0 unspecified atom stereocenters. The predicted octanol–water partition coefficient (Wildman–Crippen LogP) is 4.93. The van der Waals surface area contributed by atoms with Gasteiger partial charge >= 0.3 is 7.25 Å². The summed E-state index contributed by atoms with van der Waals surface area (Å²) in [5.74, 6) is 0. The summed E-state index contributed by atoms with van der Waals surface area (Å²) in [5.41, 5.74) is 3.15. The van der Waals surface area contributed by atoms with Crippen LogP contribution in [0, 0.1) is 0 Å². The van der Waals surface area contributed by atoms with E-state index in [1.807, 2.05) is 63.4 Å². The van der Waals surface area contributed by atoms with Crippen molar-refractivity contribution in [2.24, 2.45) is 4.90 Å². The molecule has 2 aromatic rings. The fraction of sp³-hybridized carbons (Fsp3) is 0.278. The molecule has 0 saturated carbocycles. The molecule has 7 heteroatoms. The van der Waals surface area contributed by atoms with Gasteiger partial charge in [0, 0.05) is 47.1 Å². The standard InChI is InChI=1S/C18H21BCl2N2O2/c1-4-24-19(25-5-2)23-18(14-8-6-7-9-16(14)21)15-12-13(20)10-11-17(15)22-3/h6-12,22H,4-5H2,1-3H3. The number of nitrogens with zero attached hydrogens (tertiary/aromatic N) is 1. The van der Waals surface area contributed by atoms with Crippen LogP contribution in [0.2, 0.25) is 10.0 Å². The van der Waals surface area contributed by atoms with E-state index in [4.69, 9.17) is 37.4 Å². The van der Waals surface area contributed by atoms with E-state index in [-0.39, 0.29) is 0 Å². The number of hydrogen-bond donors (Lipinski definition) is 1. The van der Waals surface area contributed by atoms with E-state index in [9.17, 15) is 0 Å². The molecule has 2 rings (SSSR count). The van der Waals surface area contributed by atoms with Crippen molar-refractivity contribution in [2.45, 2.75) is 13.8 Å². The normalized spacial score (nSPS) is 11.5. The lowest BCUT2D eigenvalue weighted by atomic mass is 9.97. The average Bonchev–Trinajstić information content (AvgIpc) is 2.60. The molecule has 1 N–H and O–H groups in total. The van der Waals surface area contributed by atoms with Crippen LogP contribution in [0.1, 0.15) is 25.0 Å². The molecule has 0 amide bonds. The summed E-state index contributed by atoms with van der Waals surface area (Å²) in [5, 5.41) is 4.37. The van der Waals surface area contributed by atoms with Gasteiger partial charge in [-0.05, 0) is 38.1 Å². The maximum absolute atomic E-state index is 6.43. The van der Waals surface area contributed by atoms with Gasteiger partial charge in [0.05, 0.1) is 5.71 Å². The first kappa shape index (κ1) is 19.8. The molecule has 0 fully saturated rings. The Bertz CT molecular complexity index is 735. The summed E-state index contributed by atoms with van der Waals surface area (Å²) >= 11 is 12.7. The lowest BCUT2D eigenvalue weighted by Gasteiger charge is -2.16. The molecule has 0 aliphatic heterocycles. The Morgan fingerprint density at radius 1 is 1.04 bits per heavy atom. The topological polar surface area (TPSA) is 42.8 Å². The van der Waals surface area contributed by atoms with Crippen molar-refractivity contribution >= 4 is 41.9 Å². The highest BCUT2D eigenvalue weighted by atomic mass is 35.5. The second kappa shape index (κ2) is 9.83. The SMILES string of the molecule is CCOB(N=C(c1ccccc1Cl)c1cc(Cl)ccc1NC)OCC. The Balaban J connectivity index is 2.65. The number of nitrogens with one attached hydrogen (secondary N) is 1. The number of rotatable bonds is 8. The Labute approximate surface area is 159 Å². The molecule has 0 heterocycles. The molecule has 0 bridgehead atoms. The first-order valence-electron chi connectivity index (χ1n) is 8.14. The van der Waals surface area contributed by atoms with Crippen molar-refractivity contribution < 1.29 is 9.31 Å². The maximum Gasteiger partial charge on any atom is 0.612 e. The van der Waals surface area contributed by atoms with Gasteiger partial charge in [0.2, 0.25) is 0 Å². The van der Waals surface area contributed by atoms with E-state index in [0.717, 1.165) is 16.8 Å². The van der Waals surface area contributed by atoms with E-state index < -0.39 is 7.25 Å². The molecule has 0 aliphatic rings. The highest BCUT2D eigenvalue weighted by Gasteiger charge is 2.22. The van der Waals surface area contributed by atoms with Crippen molar-refractivity contribution in [1.82, 2.24) is 0 Å². The summed E-state index contributed by atoms with van der Waals surface area (Å²) in [6.45, 7) is 4.76. The van der Waals surface area contributed by atoms with Gasteiger partial charge < -0.3 is 14.6 Å². The molecule has 25 heavy (non-hydrogen) atoms. The molecule has 2 aromatic carbocycles. The monoisotopic (exact) mass is 378 g/mol. The van der Waals surface area contributed by atoms with Crippen molar-refractivity contribution in [2.75, 3.05) is 25.6 Å². The lowest BCUT2D eigenvalue weighted by molar-refractivity contribution is 0.215. The highest BCUT2D eigenvalue weighted by molar-refractivity contribution is 6.47. The molecule has 0 saturated heterocycles. The fourth-order valence-corrected chi connectivity index (χ4v) is 2.78. The molecule has 0 atom stereocenters. The van der Waals surface area contributed by atoms with Gasteiger partial charge in [-0.2, -0.15) is 0 Å². The van der Waals surface area contributed by atoms with Gasteiger partial charge in [-0.25, -0.2) is 0 Å². The molecule has 0 radical (unpaired) electrons. The second-order valence-corrected chi connectivity index (χ2v) is 5.96. The van der Waals surface area contributed by atoms with Crippen molar-refractivity contribution in [3.63, 3.8) is 0 Å². The first-order chi connectivity index (χ1) is 12.1. The van der Waals surface area contributed by atoms with Crippen LogP contribution in [0.25, 0.3) is 0 Å². The second-order valence-electron chi connectivity index (χ2n) is 5.12. The van der Waals surface area contributed by atoms with Crippen LogP contribution in [0.15, 0.2) is 47.4 Å². The van der Waals surface area contributed by atoms with E-state index >= 15 is 0 Å². The fourth-order valence-electron chi connectivity index (χ4n) is 2.38. The minimum Gasteiger partial charge on any atom is -0.391 e. The van der Waals surface area contributed by atoms with Gasteiger partial charge in [0.15, 0.2) is 0 Å². The molecule has 0 aromatic heterocycles. The zero-order valence-electron chi connectivity index (χ0n) is 14.6. The van der Waals surface area contributed by atoms with Crippen molar-refractivity contribution in [1.29, 1.82) is 0 Å². The molecule has 4 nitrogen and oxygen atoms in total. The third-order valence-corrected chi connectivity index (χ3v) is 4.05. The zero-order valence-corrected chi connectivity index (χ0v) is 16.1. The maximum atomic E-state index is 6.43. The average molecular weight is 379 g/mol. The smallest absolute Gasteiger partial charge is 0.391 e. The van der Waals surface area contributed by atoms with Gasteiger partial charge in [-0.3, -0.25) is 4.90 Å². The third-order valence-electron chi connectivity index (χ3n) is 3.49. The van der Waals surface area contributed by atoms with Crippen LogP contribution >= 0.6 is 23.2 Å². The molecule has 0 spiro atoms. The van der Waals surface area contributed by atoms with E-state index in [1.165, 1.54) is 0 Å². The Hall–Kier alpha value is -1.53. The molecular weight excluding hydrogens is 358 g/mol. The number of anilines is 1. The van der Waals surface area contributed by atoms with Gasteiger partial charge in [-0.1, -0.05) is 41.4 Å². The van der Waals surface area contributed by atoms with Crippen LogP contribution in [-0.4, -0.2) is 33.2 Å². The third kappa shape index (κ3) is 5.22.